The average Bonchev–Trinajstić information content (AvgIpc) is 3.24. The molecular weight excluding hydrogens is 544 g/mol. The van der Waals surface area contributed by atoms with Crippen molar-refractivity contribution in [3.63, 3.8) is 0 Å². The molecule has 0 radical (unpaired) electrons. The Kier molecular flexibility index (Phi) is 8.01. The van der Waals surface area contributed by atoms with Crippen molar-refractivity contribution in [2.75, 3.05) is 18.5 Å². The molecule has 6 heteroatoms. The minimum absolute atomic E-state index is 0.174. The van der Waals surface area contributed by atoms with Crippen LogP contribution in [0.4, 0.5) is 5.69 Å². The number of hydrogen-bond donors (Lipinski definition) is 2. The normalized spacial score (nSPS) is 26.0. The van der Waals surface area contributed by atoms with Gasteiger partial charge in [-0.05, 0) is 98.7 Å². The highest BCUT2D eigenvalue weighted by Crippen LogP contribution is 2.52. The molecule has 2 atom stereocenters. The first-order valence-corrected chi connectivity index (χ1v) is 15.9. The van der Waals surface area contributed by atoms with Gasteiger partial charge in [0.15, 0.2) is 0 Å². The molecule has 1 spiro atoms. The van der Waals surface area contributed by atoms with E-state index < -0.39 is 11.5 Å². The van der Waals surface area contributed by atoms with Crippen LogP contribution in [0.15, 0.2) is 60.7 Å². The standard InChI is InChI=1S/C36H43ClN2O3/c1-24-13-14-31-28(19-24)22-39(21-25(2)23-42-32-12-5-9-27-8-4-7-26(3)33(27)32)36(31)17-15-35(16-18-36,34(40)41)38-30-11-6-10-29(37)20-30/h5-6,9-14,19-20,25-26,38H,4,7-8,15-18,21-23H2,1-3H3,(H,40,41)/t25-,26-,35?,36?/m1/s1. The lowest BCUT2D eigenvalue weighted by atomic mass is 9.69. The number of rotatable bonds is 8. The number of nitrogens with zero attached hydrogens (tertiary/aromatic N) is 1. The first-order valence-electron chi connectivity index (χ1n) is 15.6. The number of carboxylic acid groups (broad SMARTS) is 1. The number of halogens is 1. The summed E-state index contributed by atoms with van der Waals surface area (Å²) in [4.78, 5) is 15.4. The minimum Gasteiger partial charge on any atom is -0.493 e. The quantitative estimate of drug-likeness (QED) is 0.278. The van der Waals surface area contributed by atoms with Crippen molar-refractivity contribution >= 4 is 23.3 Å². The topological polar surface area (TPSA) is 61.8 Å². The predicted molar refractivity (Wildman–Crippen MR) is 170 cm³/mol. The molecule has 5 nitrogen and oxygen atoms in total. The largest absolute Gasteiger partial charge is 0.493 e. The van der Waals surface area contributed by atoms with Crippen molar-refractivity contribution in [2.24, 2.45) is 5.92 Å². The fourth-order valence-electron chi connectivity index (χ4n) is 7.88. The lowest BCUT2D eigenvalue weighted by Crippen LogP contribution is -2.55. The molecule has 3 aliphatic rings. The van der Waals surface area contributed by atoms with E-state index in [4.69, 9.17) is 16.3 Å². The highest BCUT2D eigenvalue weighted by molar-refractivity contribution is 6.30. The SMILES string of the molecule is Cc1ccc2c(c1)CN(C[C@@H](C)COc1cccc3c1[C@H](C)CCC3)C21CCC(Nc2cccc(Cl)c2)(C(=O)O)CC1. The van der Waals surface area contributed by atoms with Gasteiger partial charge in [-0.2, -0.15) is 0 Å². The summed E-state index contributed by atoms with van der Waals surface area (Å²) < 4.78 is 6.53. The molecule has 0 saturated heterocycles. The van der Waals surface area contributed by atoms with Crippen molar-refractivity contribution in [3.05, 3.63) is 93.5 Å². The van der Waals surface area contributed by atoms with Gasteiger partial charge in [0.1, 0.15) is 11.3 Å². The van der Waals surface area contributed by atoms with E-state index in [1.165, 1.54) is 40.7 Å². The lowest BCUT2D eigenvalue weighted by Gasteiger charge is -2.48. The molecule has 2 N–H and O–H groups in total. The average molecular weight is 587 g/mol. The van der Waals surface area contributed by atoms with Crippen molar-refractivity contribution in [3.8, 4) is 5.75 Å². The molecule has 6 rings (SSSR count). The fourth-order valence-corrected chi connectivity index (χ4v) is 8.07. The Bertz CT molecular complexity index is 1460. The molecule has 222 valence electrons. The van der Waals surface area contributed by atoms with Gasteiger partial charge in [0.05, 0.1) is 6.61 Å². The van der Waals surface area contributed by atoms with Crippen LogP contribution >= 0.6 is 11.6 Å². The van der Waals surface area contributed by atoms with Crippen molar-refractivity contribution in [1.82, 2.24) is 4.90 Å². The monoisotopic (exact) mass is 586 g/mol. The molecule has 3 aromatic carbocycles. The van der Waals surface area contributed by atoms with Gasteiger partial charge >= 0.3 is 5.97 Å². The maximum atomic E-state index is 12.7. The van der Waals surface area contributed by atoms with Gasteiger partial charge in [0.25, 0.3) is 0 Å². The summed E-state index contributed by atoms with van der Waals surface area (Å²) >= 11 is 6.22. The van der Waals surface area contributed by atoms with Crippen LogP contribution in [0.3, 0.4) is 0 Å². The third kappa shape index (κ3) is 5.42. The van der Waals surface area contributed by atoms with E-state index in [-0.39, 0.29) is 5.54 Å². The van der Waals surface area contributed by atoms with Crippen molar-refractivity contribution < 1.29 is 14.6 Å². The van der Waals surface area contributed by atoms with Gasteiger partial charge in [-0.15, -0.1) is 0 Å². The lowest BCUT2D eigenvalue weighted by molar-refractivity contribution is -0.145. The zero-order valence-corrected chi connectivity index (χ0v) is 25.8. The molecule has 42 heavy (non-hydrogen) atoms. The number of ether oxygens (including phenoxy) is 1. The number of benzene rings is 3. The number of carboxylic acids is 1. The van der Waals surface area contributed by atoms with Crippen LogP contribution < -0.4 is 10.1 Å². The summed E-state index contributed by atoms with van der Waals surface area (Å²) in [6.07, 6.45) is 6.25. The van der Waals surface area contributed by atoms with Crippen LogP contribution in [0.1, 0.15) is 86.1 Å². The summed E-state index contributed by atoms with van der Waals surface area (Å²) in [6.45, 7) is 9.22. The van der Waals surface area contributed by atoms with Gasteiger partial charge in [-0.3, -0.25) is 4.90 Å². The number of fused-ring (bicyclic) bond motifs is 3. The number of nitrogens with one attached hydrogen (secondary N) is 1. The van der Waals surface area contributed by atoms with E-state index in [0.29, 0.717) is 36.3 Å². The minimum atomic E-state index is -1.02. The fraction of sp³-hybridized carbons (Fsp3) is 0.472. The molecule has 0 aromatic heterocycles. The van der Waals surface area contributed by atoms with Crippen LogP contribution in [0.5, 0.6) is 5.75 Å². The second-order valence-corrected chi connectivity index (χ2v) is 13.6. The summed E-state index contributed by atoms with van der Waals surface area (Å²) in [5.41, 5.74) is 6.42. The predicted octanol–water partition coefficient (Wildman–Crippen LogP) is 8.32. The molecule has 1 saturated carbocycles. The highest BCUT2D eigenvalue weighted by Gasteiger charge is 2.53. The summed E-state index contributed by atoms with van der Waals surface area (Å²) in [7, 11) is 0. The van der Waals surface area contributed by atoms with E-state index >= 15 is 0 Å². The van der Waals surface area contributed by atoms with E-state index in [0.717, 1.165) is 43.8 Å². The van der Waals surface area contributed by atoms with Crippen LogP contribution in [-0.2, 0) is 23.3 Å². The smallest absolute Gasteiger partial charge is 0.329 e. The van der Waals surface area contributed by atoms with Crippen LogP contribution in [0.25, 0.3) is 0 Å². The summed E-state index contributed by atoms with van der Waals surface area (Å²) in [5, 5.41) is 14.4. The number of carbonyl (C=O) groups is 1. The zero-order valence-electron chi connectivity index (χ0n) is 25.1. The van der Waals surface area contributed by atoms with E-state index in [1.54, 1.807) is 0 Å². The number of anilines is 1. The summed E-state index contributed by atoms with van der Waals surface area (Å²) in [6, 6.07) is 20.7. The van der Waals surface area contributed by atoms with E-state index in [9.17, 15) is 9.90 Å². The molecule has 1 aliphatic heterocycles. The number of aryl methyl sites for hydroxylation is 2. The Labute approximate surface area is 255 Å². The molecular formula is C36H43ClN2O3. The van der Waals surface area contributed by atoms with Gasteiger partial charge in [-0.25, -0.2) is 4.79 Å². The Balaban J connectivity index is 1.21. The molecule has 2 aliphatic carbocycles. The van der Waals surface area contributed by atoms with Gasteiger partial charge in [-0.1, -0.05) is 67.4 Å². The van der Waals surface area contributed by atoms with E-state index in [1.807, 2.05) is 24.3 Å². The molecule has 1 heterocycles. The summed E-state index contributed by atoms with van der Waals surface area (Å²) in [5.74, 6) is 1.12. The molecule has 1 fully saturated rings. The van der Waals surface area contributed by atoms with Gasteiger partial charge in [0.2, 0.25) is 0 Å². The molecule has 0 amide bonds. The molecule has 3 aromatic rings. The Morgan fingerprint density at radius 1 is 1.10 bits per heavy atom. The van der Waals surface area contributed by atoms with Gasteiger partial charge in [0, 0.05) is 40.8 Å². The number of aliphatic carboxylic acids is 1. The third-order valence-electron chi connectivity index (χ3n) is 10.1. The zero-order chi connectivity index (χ0) is 29.5. The highest BCUT2D eigenvalue weighted by atomic mass is 35.5. The van der Waals surface area contributed by atoms with Crippen molar-refractivity contribution in [2.45, 2.75) is 89.3 Å². The first-order chi connectivity index (χ1) is 20.2. The van der Waals surface area contributed by atoms with Crippen molar-refractivity contribution in [1.29, 1.82) is 0 Å². The first kappa shape index (κ1) is 29.1. The Hall–Kier alpha value is -3.02. The second-order valence-electron chi connectivity index (χ2n) is 13.1. The maximum absolute atomic E-state index is 12.7. The van der Waals surface area contributed by atoms with Crippen LogP contribution in [0, 0.1) is 12.8 Å². The molecule has 0 unspecified atom stereocenters. The number of hydrogen-bond acceptors (Lipinski definition) is 4. The Morgan fingerprint density at radius 3 is 2.64 bits per heavy atom. The van der Waals surface area contributed by atoms with Crippen LogP contribution in [0.2, 0.25) is 5.02 Å². The van der Waals surface area contributed by atoms with E-state index in [2.05, 4.69) is 67.4 Å². The maximum Gasteiger partial charge on any atom is 0.329 e. The second kappa shape index (κ2) is 11.6. The van der Waals surface area contributed by atoms with Gasteiger partial charge < -0.3 is 15.2 Å². The third-order valence-corrected chi connectivity index (χ3v) is 10.3. The Morgan fingerprint density at radius 2 is 1.88 bits per heavy atom. The van der Waals surface area contributed by atoms with Crippen LogP contribution in [-0.4, -0.2) is 34.7 Å². The molecule has 0 bridgehead atoms.